The number of nitrogens with two attached hydrogens (primary N) is 1. The Morgan fingerprint density at radius 3 is 2.68 bits per heavy atom. The summed E-state index contributed by atoms with van der Waals surface area (Å²) in [5.74, 6) is -0.246. The van der Waals surface area contributed by atoms with Crippen LogP contribution in [0.4, 0.5) is 11.4 Å². The molecule has 2 rings (SSSR count). The quantitative estimate of drug-likeness (QED) is 0.833. The number of benzene rings is 1. The zero-order chi connectivity index (χ0) is 14.0. The van der Waals surface area contributed by atoms with Crippen LogP contribution in [0.2, 0.25) is 0 Å². The van der Waals surface area contributed by atoms with Gasteiger partial charge >= 0.3 is 0 Å². The lowest BCUT2D eigenvalue weighted by Gasteiger charge is -2.09. The first-order valence-corrected chi connectivity index (χ1v) is 6.44. The molecule has 0 fully saturated rings. The smallest absolute Gasteiger partial charge is 0.257 e. The van der Waals surface area contributed by atoms with E-state index >= 15 is 0 Å². The molecule has 1 amide bonds. The number of carbonyl (C=O) groups excluding carboxylic acids is 1. The van der Waals surface area contributed by atoms with Crippen LogP contribution in [0.15, 0.2) is 28.7 Å². The number of nitrogen functional groups attached to an aromatic ring is 1. The second-order valence-electron chi connectivity index (χ2n) is 4.17. The van der Waals surface area contributed by atoms with Crippen LogP contribution in [0.1, 0.15) is 21.7 Å². The van der Waals surface area contributed by atoms with E-state index in [1.54, 1.807) is 32.0 Å². The van der Waals surface area contributed by atoms with E-state index in [2.05, 4.69) is 31.4 Å². The van der Waals surface area contributed by atoms with Crippen molar-refractivity contribution >= 4 is 33.2 Å². The molecule has 1 aromatic carbocycles. The summed E-state index contributed by atoms with van der Waals surface area (Å²) in [6, 6.07) is 6.99. The highest BCUT2D eigenvalue weighted by Gasteiger charge is 2.12. The van der Waals surface area contributed by atoms with E-state index in [1.165, 1.54) is 0 Å². The van der Waals surface area contributed by atoms with Gasteiger partial charge in [-0.25, -0.2) is 0 Å². The van der Waals surface area contributed by atoms with Crippen LogP contribution in [-0.2, 0) is 0 Å². The maximum atomic E-state index is 12.2. The second-order valence-corrected chi connectivity index (χ2v) is 5.09. The van der Waals surface area contributed by atoms with Crippen molar-refractivity contribution in [3.05, 3.63) is 45.7 Å². The van der Waals surface area contributed by atoms with Crippen LogP contribution in [-0.4, -0.2) is 16.1 Å². The molecule has 3 N–H and O–H groups in total. The van der Waals surface area contributed by atoms with E-state index in [0.717, 1.165) is 4.47 Å². The van der Waals surface area contributed by atoms with Crippen molar-refractivity contribution in [2.24, 2.45) is 0 Å². The molecule has 1 aromatic heterocycles. The lowest BCUT2D eigenvalue weighted by Crippen LogP contribution is -2.16. The Morgan fingerprint density at radius 1 is 1.26 bits per heavy atom. The minimum absolute atomic E-state index is 0.246. The summed E-state index contributed by atoms with van der Waals surface area (Å²) < 4.78 is 0.862. The van der Waals surface area contributed by atoms with E-state index in [0.29, 0.717) is 28.3 Å². The van der Waals surface area contributed by atoms with Crippen molar-refractivity contribution in [1.82, 2.24) is 10.2 Å². The fourth-order valence-corrected chi connectivity index (χ4v) is 2.00. The zero-order valence-electron chi connectivity index (χ0n) is 10.6. The first-order valence-electron chi connectivity index (χ1n) is 5.64. The van der Waals surface area contributed by atoms with Gasteiger partial charge in [-0.05, 0) is 38.1 Å². The van der Waals surface area contributed by atoms with E-state index in [-0.39, 0.29) is 5.91 Å². The first-order chi connectivity index (χ1) is 8.97. The van der Waals surface area contributed by atoms with Crippen molar-refractivity contribution in [1.29, 1.82) is 0 Å². The molecule has 0 aliphatic rings. The third kappa shape index (κ3) is 3.08. The van der Waals surface area contributed by atoms with E-state index in [9.17, 15) is 4.79 Å². The van der Waals surface area contributed by atoms with Crippen LogP contribution in [0.5, 0.6) is 0 Å². The van der Waals surface area contributed by atoms with E-state index in [1.807, 2.05) is 6.07 Å². The summed E-state index contributed by atoms with van der Waals surface area (Å²) in [4.78, 5) is 12.2. The third-order valence-electron chi connectivity index (χ3n) is 2.61. The van der Waals surface area contributed by atoms with Crippen molar-refractivity contribution in [2.75, 3.05) is 11.1 Å². The van der Waals surface area contributed by atoms with Crippen LogP contribution in [0.3, 0.4) is 0 Å². The topological polar surface area (TPSA) is 80.9 Å². The van der Waals surface area contributed by atoms with Gasteiger partial charge in [0.05, 0.1) is 28.3 Å². The summed E-state index contributed by atoms with van der Waals surface area (Å²) in [7, 11) is 0. The number of nitrogens with zero attached hydrogens (tertiary/aromatic N) is 2. The molecule has 0 saturated heterocycles. The fraction of sp³-hybridized carbons (Fsp3) is 0.154. The fourth-order valence-electron chi connectivity index (χ4n) is 1.62. The van der Waals surface area contributed by atoms with Crippen molar-refractivity contribution in [3.63, 3.8) is 0 Å². The van der Waals surface area contributed by atoms with Gasteiger partial charge in [-0.2, -0.15) is 10.2 Å². The maximum Gasteiger partial charge on any atom is 0.257 e. The summed E-state index contributed by atoms with van der Waals surface area (Å²) in [5, 5.41) is 10.6. The van der Waals surface area contributed by atoms with Gasteiger partial charge < -0.3 is 11.1 Å². The molecule has 6 heteroatoms. The molecule has 1 heterocycles. The zero-order valence-corrected chi connectivity index (χ0v) is 12.2. The number of halogens is 1. The van der Waals surface area contributed by atoms with Crippen LogP contribution in [0.25, 0.3) is 0 Å². The molecule has 0 aliphatic heterocycles. The summed E-state index contributed by atoms with van der Waals surface area (Å²) >= 11 is 3.32. The third-order valence-corrected chi connectivity index (χ3v) is 3.10. The van der Waals surface area contributed by atoms with Gasteiger partial charge in [0.2, 0.25) is 0 Å². The van der Waals surface area contributed by atoms with Crippen molar-refractivity contribution in [3.8, 4) is 0 Å². The molecule has 0 radical (unpaired) electrons. The Morgan fingerprint density at radius 2 is 2.00 bits per heavy atom. The van der Waals surface area contributed by atoms with Crippen molar-refractivity contribution < 1.29 is 4.79 Å². The Kier molecular flexibility index (Phi) is 3.80. The first kappa shape index (κ1) is 13.5. The molecule has 0 bridgehead atoms. The Bertz CT molecular complexity index is 643. The highest BCUT2D eigenvalue weighted by molar-refractivity contribution is 9.10. The molecule has 2 aromatic rings. The molecular formula is C13H13BrN4O. The number of carbonyl (C=O) groups is 1. The number of rotatable bonds is 2. The minimum Gasteiger partial charge on any atom is -0.397 e. The van der Waals surface area contributed by atoms with Crippen molar-refractivity contribution in [2.45, 2.75) is 13.8 Å². The molecule has 0 atom stereocenters. The minimum atomic E-state index is -0.246. The highest BCUT2D eigenvalue weighted by Crippen LogP contribution is 2.23. The number of aryl methyl sites for hydroxylation is 2. The lowest BCUT2D eigenvalue weighted by atomic mass is 10.1. The second kappa shape index (κ2) is 5.36. The molecule has 19 heavy (non-hydrogen) atoms. The monoisotopic (exact) mass is 320 g/mol. The summed E-state index contributed by atoms with van der Waals surface area (Å²) in [6.07, 6.45) is 0. The Labute approximate surface area is 119 Å². The maximum absolute atomic E-state index is 12.2. The molecule has 0 aliphatic carbocycles. The predicted molar refractivity (Wildman–Crippen MR) is 78.0 cm³/mol. The summed E-state index contributed by atoms with van der Waals surface area (Å²) in [6.45, 7) is 3.53. The number of hydrogen-bond donors (Lipinski definition) is 2. The SMILES string of the molecule is Cc1cc(C(=O)Nc2ccc(Br)cc2N)c(C)nn1. The normalized spacial score (nSPS) is 10.3. The Hall–Kier alpha value is -1.95. The lowest BCUT2D eigenvalue weighted by molar-refractivity contribution is 0.102. The molecule has 5 nitrogen and oxygen atoms in total. The summed E-state index contributed by atoms with van der Waals surface area (Å²) in [5.41, 5.74) is 8.68. The number of anilines is 2. The molecular weight excluding hydrogens is 308 g/mol. The van der Waals surface area contributed by atoms with E-state index < -0.39 is 0 Å². The highest BCUT2D eigenvalue weighted by atomic mass is 79.9. The molecule has 0 saturated carbocycles. The number of amides is 1. The van der Waals surface area contributed by atoms with Gasteiger partial charge in [-0.3, -0.25) is 4.79 Å². The van der Waals surface area contributed by atoms with Gasteiger partial charge in [0, 0.05) is 4.47 Å². The largest absolute Gasteiger partial charge is 0.397 e. The standard InChI is InChI=1S/C13H13BrN4O/c1-7-5-10(8(2)18-17-7)13(19)16-12-4-3-9(14)6-11(12)15/h3-6H,15H2,1-2H3,(H,16,19). The van der Waals surface area contributed by atoms with Crippen LogP contribution < -0.4 is 11.1 Å². The van der Waals surface area contributed by atoms with Gasteiger partial charge in [0.25, 0.3) is 5.91 Å². The number of aromatic nitrogens is 2. The van der Waals surface area contributed by atoms with Gasteiger partial charge in [0.1, 0.15) is 0 Å². The average Bonchev–Trinajstić information content (AvgIpc) is 2.35. The van der Waals surface area contributed by atoms with Gasteiger partial charge in [-0.1, -0.05) is 15.9 Å². The molecule has 98 valence electrons. The number of nitrogens with one attached hydrogen (secondary N) is 1. The average molecular weight is 321 g/mol. The van der Waals surface area contributed by atoms with Gasteiger partial charge in [-0.15, -0.1) is 0 Å². The van der Waals surface area contributed by atoms with Gasteiger partial charge in [0.15, 0.2) is 0 Å². The van der Waals surface area contributed by atoms with Crippen LogP contribution >= 0.6 is 15.9 Å². The molecule has 0 spiro atoms. The number of hydrogen-bond acceptors (Lipinski definition) is 4. The van der Waals surface area contributed by atoms with Crippen LogP contribution in [0, 0.1) is 13.8 Å². The van der Waals surface area contributed by atoms with E-state index in [4.69, 9.17) is 5.73 Å². The predicted octanol–water partition coefficient (Wildman–Crippen LogP) is 2.69. The Balaban J connectivity index is 2.28. The molecule has 0 unspecified atom stereocenters.